The quantitative estimate of drug-likeness (QED) is 0.418. The molecule has 1 aromatic heterocycles. The van der Waals surface area contributed by atoms with Gasteiger partial charge in [0.2, 0.25) is 0 Å². The van der Waals surface area contributed by atoms with Gasteiger partial charge in [0.1, 0.15) is 12.4 Å². The largest absolute Gasteiger partial charge is 0.461 e. The summed E-state index contributed by atoms with van der Waals surface area (Å²) in [5.41, 5.74) is 2.77. The molecule has 0 spiro atoms. The number of nitrogens with one attached hydrogen (secondary N) is 1. The molecular weight excluding hydrogens is 552 g/mol. The van der Waals surface area contributed by atoms with Gasteiger partial charge in [-0.3, -0.25) is 4.90 Å². The zero-order valence-electron chi connectivity index (χ0n) is 24.3. The number of hydrogen-bond donors (Lipinski definition) is 1. The molecule has 0 amide bonds. The molecule has 9 nitrogen and oxygen atoms in total. The molecule has 7 rings (SSSR count). The van der Waals surface area contributed by atoms with Crippen LogP contribution in [0.3, 0.4) is 0 Å². The summed E-state index contributed by atoms with van der Waals surface area (Å²) in [6.07, 6.45) is 0.725. The van der Waals surface area contributed by atoms with Crippen molar-refractivity contribution in [1.29, 1.82) is 5.26 Å². The number of halogens is 2. The number of anilines is 2. The molecule has 226 valence electrons. The zero-order chi connectivity index (χ0) is 29.4. The summed E-state index contributed by atoms with van der Waals surface area (Å²) in [7, 11) is 0. The van der Waals surface area contributed by atoms with E-state index in [0.717, 1.165) is 85.8 Å². The van der Waals surface area contributed by atoms with Crippen LogP contribution in [0.25, 0.3) is 10.8 Å². The van der Waals surface area contributed by atoms with Gasteiger partial charge in [-0.25, -0.2) is 8.78 Å². The molecule has 1 aliphatic carbocycles. The SMILES string of the molecule is N#CC[C@H]1CN(c2nc(OCC3(N4CCOCC4)CC3)nc3c2CCN(c2cc(C(F)F)cc4ccccc24)C3)CCN1. The fourth-order valence-electron chi connectivity index (χ4n) is 6.82. The van der Waals surface area contributed by atoms with E-state index in [1.807, 2.05) is 24.3 Å². The van der Waals surface area contributed by atoms with Gasteiger partial charge in [0, 0.05) is 67.5 Å². The molecule has 4 aliphatic rings. The average Bonchev–Trinajstić information content (AvgIpc) is 3.84. The number of ether oxygens (including phenoxy) is 2. The maximum atomic E-state index is 13.9. The molecule has 2 saturated heterocycles. The first-order chi connectivity index (χ1) is 21.0. The Hall–Kier alpha value is -3.59. The standard InChI is InChI=1S/C32H37F2N7O2/c33-29(34)23-17-22-3-1-2-4-25(22)28(18-23)39-11-6-26-27(20-39)37-31(38-30(26)40-12-10-36-24(19-40)5-9-35)43-21-32(7-8-32)41-13-15-42-16-14-41/h1-4,17-18,24,29,36H,5-8,10-16,19-21H2/t24-/m0/s1. The molecule has 0 radical (unpaired) electrons. The van der Waals surface area contributed by atoms with Crippen LogP contribution in [-0.2, 0) is 17.7 Å². The Balaban J connectivity index is 1.21. The van der Waals surface area contributed by atoms with Gasteiger partial charge in [-0.2, -0.15) is 15.2 Å². The molecule has 0 bridgehead atoms. The highest BCUT2D eigenvalue weighted by atomic mass is 19.3. The lowest BCUT2D eigenvalue weighted by Gasteiger charge is -2.38. The number of morpholine rings is 1. The van der Waals surface area contributed by atoms with Crippen molar-refractivity contribution in [3.63, 3.8) is 0 Å². The van der Waals surface area contributed by atoms with Gasteiger partial charge in [0.15, 0.2) is 0 Å². The van der Waals surface area contributed by atoms with Crippen molar-refractivity contribution in [3.05, 3.63) is 53.2 Å². The molecular formula is C32H37F2N7O2. The van der Waals surface area contributed by atoms with Crippen molar-refractivity contribution >= 4 is 22.3 Å². The van der Waals surface area contributed by atoms with Crippen molar-refractivity contribution in [3.8, 4) is 12.1 Å². The Morgan fingerprint density at radius 2 is 1.93 bits per heavy atom. The average molecular weight is 590 g/mol. The minimum atomic E-state index is -2.55. The van der Waals surface area contributed by atoms with Crippen LogP contribution in [-0.4, -0.2) is 85.5 Å². The number of fused-ring (bicyclic) bond motifs is 2. The van der Waals surface area contributed by atoms with Crippen LogP contribution in [0, 0.1) is 11.3 Å². The smallest absolute Gasteiger partial charge is 0.318 e. The maximum Gasteiger partial charge on any atom is 0.318 e. The molecule has 1 N–H and O–H groups in total. The highest BCUT2D eigenvalue weighted by Gasteiger charge is 2.49. The Morgan fingerprint density at radius 3 is 2.72 bits per heavy atom. The lowest BCUT2D eigenvalue weighted by Crippen LogP contribution is -2.51. The molecule has 0 unspecified atom stereocenters. The highest BCUT2D eigenvalue weighted by molar-refractivity contribution is 5.95. The Bertz CT molecular complexity index is 1520. The molecule has 4 heterocycles. The number of alkyl halides is 2. The molecule has 3 aromatic rings. The fraction of sp³-hybridized carbons (Fsp3) is 0.531. The molecule has 3 fully saturated rings. The third-order valence-corrected chi connectivity index (χ3v) is 9.35. The normalized spacial score (nSPS) is 22.0. The molecule has 1 saturated carbocycles. The lowest BCUT2D eigenvalue weighted by atomic mass is 10.00. The van der Waals surface area contributed by atoms with E-state index in [0.29, 0.717) is 45.1 Å². The van der Waals surface area contributed by atoms with E-state index >= 15 is 0 Å². The predicted octanol–water partition coefficient (Wildman–Crippen LogP) is 4.07. The van der Waals surface area contributed by atoms with Gasteiger partial charge in [-0.1, -0.05) is 24.3 Å². The number of hydrogen-bond acceptors (Lipinski definition) is 9. The fourth-order valence-corrected chi connectivity index (χ4v) is 6.82. The second-order valence-corrected chi connectivity index (χ2v) is 12.1. The van der Waals surface area contributed by atoms with Crippen molar-refractivity contribution in [2.24, 2.45) is 0 Å². The zero-order valence-corrected chi connectivity index (χ0v) is 24.3. The molecule has 11 heteroatoms. The van der Waals surface area contributed by atoms with Crippen LogP contribution in [0.4, 0.5) is 20.3 Å². The van der Waals surface area contributed by atoms with Gasteiger partial charge in [0.25, 0.3) is 6.43 Å². The van der Waals surface area contributed by atoms with E-state index < -0.39 is 6.43 Å². The van der Waals surface area contributed by atoms with Crippen LogP contribution in [0.2, 0.25) is 0 Å². The summed E-state index contributed by atoms with van der Waals surface area (Å²) in [4.78, 5) is 16.8. The maximum absolute atomic E-state index is 13.9. The van der Waals surface area contributed by atoms with Crippen LogP contribution in [0.15, 0.2) is 36.4 Å². The van der Waals surface area contributed by atoms with E-state index in [2.05, 4.69) is 26.1 Å². The summed E-state index contributed by atoms with van der Waals surface area (Å²) in [5, 5.41) is 14.5. The van der Waals surface area contributed by atoms with Gasteiger partial charge in [-0.05, 0) is 36.8 Å². The van der Waals surface area contributed by atoms with Gasteiger partial charge >= 0.3 is 6.01 Å². The number of piperazine rings is 1. The predicted molar refractivity (Wildman–Crippen MR) is 160 cm³/mol. The van der Waals surface area contributed by atoms with Crippen molar-refractivity contribution in [2.75, 3.05) is 68.9 Å². The van der Waals surface area contributed by atoms with Crippen molar-refractivity contribution in [2.45, 2.75) is 50.2 Å². The van der Waals surface area contributed by atoms with Gasteiger partial charge < -0.3 is 24.6 Å². The third kappa shape index (κ3) is 5.71. The Kier molecular flexibility index (Phi) is 7.76. The van der Waals surface area contributed by atoms with Crippen molar-refractivity contribution < 1.29 is 18.3 Å². The number of rotatable bonds is 8. The first-order valence-corrected chi connectivity index (χ1v) is 15.3. The molecule has 2 aromatic carbocycles. The summed E-state index contributed by atoms with van der Waals surface area (Å²) in [6.45, 7) is 7.16. The summed E-state index contributed by atoms with van der Waals surface area (Å²) in [6, 6.07) is 13.6. The number of nitrogens with zero attached hydrogens (tertiary/aromatic N) is 6. The van der Waals surface area contributed by atoms with Gasteiger partial charge in [-0.15, -0.1) is 0 Å². The highest BCUT2D eigenvalue weighted by Crippen LogP contribution is 2.43. The summed E-state index contributed by atoms with van der Waals surface area (Å²) >= 11 is 0. The van der Waals surface area contributed by atoms with Crippen LogP contribution in [0.1, 0.15) is 42.5 Å². The Labute approximate surface area is 250 Å². The minimum absolute atomic E-state index is 0.0107. The van der Waals surface area contributed by atoms with Crippen LogP contribution in [0.5, 0.6) is 6.01 Å². The monoisotopic (exact) mass is 589 g/mol. The number of aromatic nitrogens is 2. The van der Waals surface area contributed by atoms with Crippen LogP contribution >= 0.6 is 0 Å². The first-order valence-electron chi connectivity index (χ1n) is 15.3. The van der Waals surface area contributed by atoms with E-state index in [9.17, 15) is 14.0 Å². The summed E-state index contributed by atoms with van der Waals surface area (Å²) in [5.74, 6) is 0.867. The van der Waals surface area contributed by atoms with Crippen LogP contribution < -0.4 is 19.9 Å². The van der Waals surface area contributed by atoms with E-state index in [1.165, 1.54) is 0 Å². The van der Waals surface area contributed by atoms with E-state index in [1.54, 1.807) is 12.1 Å². The van der Waals surface area contributed by atoms with Gasteiger partial charge in [0.05, 0.1) is 43.5 Å². The summed E-state index contributed by atoms with van der Waals surface area (Å²) < 4.78 is 39.8. The Morgan fingerprint density at radius 1 is 1.09 bits per heavy atom. The lowest BCUT2D eigenvalue weighted by molar-refractivity contribution is -0.00339. The topological polar surface area (TPSA) is 89.8 Å². The van der Waals surface area contributed by atoms with Crippen molar-refractivity contribution in [1.82, 2.24) is 20.2 Å². The third-order valence-electron chi connectivity index (χ3n) is 9.35. The minimum Gasteiger partial charge on any atom is -0.461 e. The van der Waals surface area contributed by atoms with E-state index in [-0.39, 0.29) is 17.1 Å². The van der Waals surface area contributed by atoms with E-state index in [4.69, 9.17) is 19.4 Å². The molecule has 43 heavy (non-hydrogen) atoms. The number of nitriles is 1. The first kappa shape index (κ1) is 28.2. The second-order valence-electron chi connectivity index (χ2n) is 12.1. The molecule has 3 aliphatic heterocycles. The second kappa shape index (κ2) is 11.8. The number of benzene rings is 2. The molecule has 1 atom stereocenters.